The molecule has 0 saturated carbocycles. The van der Waals surface area contributed by atoms with Crippen LogP contribution >= 0.6 is 0 Å². The van der Waals surface area contributed by atoms with Gasteiger partial charge in [-0.15, -0.1) is 0 Å². The van der Waals surface area contributed by atoms with E-state index in [9.17, 15) is 17.6 Å². The number of rotatable bonds is 6. The van der Waals surface area contributed by atoms with Gasteiger partial charge in [-0.25, -0.2) is 17.5 Å². The first-order valence-corrected chi connectivity index (χ1v) is 8.47. The van der Waals surface area contributed by atoms with E-state index in [1.807, 2.05) is 0 Å². The molecule has 0 spiro atoms. The van der Waals surface area contributed by atoms with Gasteiger partial charge in [-0.2, -0.15) is 0 Å². The van der Waals surface area contributed by atoms with Gasteiger partial charge in [0.1, 0.15) is 5.82 Å². The van der Waals surface area contributed by atoms with Crippen LogP contribution in [0.25, 0.3) is 0 Å². The van der Waals surface area contributed by atoms with E-state index < -0.39 is 21.7 Å². The van der Waals surface area contributed by atoms with Gasteiger partial charge in [0.25, 0.3) is 0 Å². The number of hydrogen-bond donors (Lipinski definition) is 2. The van der Waals surface area contributed by atoms with Gasteiger partial charge in [0, 0.05) is 13.0 Å². The predicted molar refractivity (Wildman–Crippen MR) is 86.0 cm³/mol. The summed E-state index contributed by atoms with van der Waals surface area (Å²) in [6, 6.07) is 12.3. The molecule has 2 N–H and O–H groups in total. The summed E-state index contributed by atoms with van der Waals surface area (Å²) in [7, 11) is -3.65. The number of benzene rings is 2. The van der Waals surface area contributed by atoms with Gasteiger partial charge < -0.3 is 5.32 Å². The lowest BCUT2D eigenvalue weighted by Crippen LogP contribution is -2.28. The Morgan fingerprint density at radius 1 is 1.13 bits per heavy atom. The van der Waals surface area contributed by atoms with E-state index in [2.05, 4.69) is 10.0 Å². The molecule has 7 heteroatoms. The summed E-state index contributed by atoms with van der Waals surface area (Å²) in [5.41, 5.74) is 0.822. The number of nitrogens with one attached hydrogen (secondary N) is 2. The van der Waals surface area contributed by atoms with Crippen molar-refractivity contribution in [2.24, 2.45) is 0 Å². The second-order valence-corrected chi connectivity index (χ2v) is 6.76. The van der Waals surface area contributed by atoms with E-state index in [0.717, 1.165) is 5.56 Å². The lowest BCUT2D eigenvalue weighted by molar-refractivity contribution is -0.116. The van der Waals surface area contributed by atoms with Gasteiger partial charge in [-0.3, -0.25) is 4.79 Å². The lowest BCUT2D eigenvalue weighted by atomic mass is 10.2. The van der Waals surface area contributed by atoms with Crippen molar-refractivity contribution in [2.45, 2.75) is 18.2 Å². The molecular weight excluding hydrogens is 319 g/mol. The molecule has 0 unspecified atom stereocenters. The van der Waals surface area contributed by atoms with E-state index in [1.54, 1.807) is 31.2 Å². The third kappa shape index (κ3) is 4.87. The van der Waals surface area contributed by atoms with E-state index >= 15 is 0 Å². The molecule has 0 aromatic heterocycles. The molecule has 5 nitrogen and oxygen atoms in total. The van der Waals surface area contributed by atoms with Crippen LogP contribution in [0.2, 0.25) is 0 Å². The second-order valence-electron chi connectivity index (χ2n) is 4.99. The Morgan fingerprint density at radius 3 is 2.48 bits per heavy atom. The number of sulfonamides is 1. The summed E-state index contributed by atoms with van der Waals surface area (Å²) in [4.78, 5) is 11.9. The van der Waals surface area contributed by atoms with Gasteiger partial charge in [0.15, 0.2) is 0 Å². The van der Waals surface area contributed by atoms with Crippen molar-refractivity contribution in [3.63, 3.8) is 0 Å². The lowest BCUT2D eigenvalue weighted by Gasteiger charge is -2.08. The Labute approximate surface area is 134 Å². The highest BCUT2D eigenvalue weighted by Gasteiger charge is 2.14. The molecule has 2 aromatic carbocycles. The molecule has 2 aromatic rings. The predicted octanol–water partition coefficient (Wildman–Crippen LogP) is 2.44. The molecular formula is C16H17FN2O3S. The average molecular weight is 336 g/mol. The summed E-state index contributed by atoms with van der Waals surface area (Å²) < 4.78 is 39.9. The van der Waals surface area contributed by atoms with Crippen LogP contribution in [-0.2, 0) is 14.8 Å². The number of hydrogen-bond acceptors (Lipinski definition) is 3. The third-order valence-electron chi connectivity index (χ3n) is 3.10. The minimum absolute atomic E-state index is 0.0729. The Kier molecular flexibility index (Phi) is 5.46. The van der Waals surface area contributed by atoms with Crippen LogP contribution in [0.15, 0.2) is 53.4 Å². The maximum Gasteiger partial charge on any atom is 0.240 e. The first kappa shape index (κ1) is 17.1. The van der Waals surface area contributed by atoms with Gasteiger partial charge in [0.05, 0.1) is 10.6 Å². The van der Waals surface area contributed by atoms with E-state index in [0.29, 0.717) is 0 Å². The number of aryl methyl sites for hydroxylation is 1. The first-order chi connectivity index (χ1) is 10.9. The van der Waals surface area contributed by atoms with Crippen LogP contribution in [0, 0.1) is 12.7 Å². The molecule has 0 aliphatic carbocycles. The van der Waals surface area contributed by atoms with Gasteiger partial charge in [0.2, 0.25) is 15.9 Å². The van der Waals surface area contributed by atoms with Crippen molar-refractivity contribution < 1.29 is 17.6 Å². The highest BCUT2D eigenvalue weighted by atomic mass is 32.2. The van der Waals surface area contributed by atoms with Crippen LogP contribution in [0.1, 0.15) is 12.0 Å². The monoisotopic (exact) mass is 336 g/mol. The van der Waals surface area contributed by atoms with Crippen molar-refractivity contribution in [3.8, 4) is 0 Å². The Morgan fingerprint density at radius 2 is 1.83 bits per heavy atom. The molecule has 0 aliphatic rings. The quantitative estimate of drug-likeness (QED) is 0.851. The second kappa shape index (κ2) is 7.34. The topological polar surface area (TPSA) is 75.3 Å². The first-order valence-electron chi connectivity index (χ1n) is 6.99. The van der Waals surface area contributed by atoms with Gasteiger partial charge in [-0.1, -0.05) is 24.3 Å². The van der Waals surface area contributed by atoms with E-state index in [-0.39, 0.29) is 23.5 Å². The molecule has 0 heterocycles. The molecule has 23 heavy (non-hydrogen) atoms. The normalized spacial score (nSPS) is 11.2. The van der Waals surface area contributed by atoms with Crippen LogP contribution in [-0.4, -0.2) is 20.9 Å². The van der Waals surface area contributed by atoms with Crippen LogP contribution in [0.3, 0.4) is 0 Å². The third-order valence-corrected chi connectivity index (χ3v) is 4.57. The van der Waals surface area contributed by atoms with Gasteiger partial charge in [-0.05, 0) is 36.8 Å². The zero-order valence-corrected chi connectivity index (χ0v) is 13.4. The molecule has 0 bridgehead atoms. The number of halogens is 1. The van der Waals surface area contributed by atoms with E-state index in [1.165, 1.54) is 24.3 Å². The zero-order chi connectivity index (χ0) is 16.9. The van der Waals surface area contributed by atoms with Crippen molar-refractivity contribution in [1.29, 1.82) is 0 Å². The molecule has 2 rings (SSSR count). The smallest absolute Gasteiger partial charge is 0.240 e. The molecule has 0 saturated heterocycles. The SMILES string of the molecule is Cc1ccc(NC(=O)CCNS(=O)(=O)c2ccccc2)c(F)c1. The Bertz CT molecular complexity index is 792. The number of anilines is 1. The van der Waals surface area contributed by atoms with Crippen molar-refractivity contribution in [3.05, 3.63) is 59.9 Å². The summed E-state index contributed by atoms with van der Waals surface area (Å²) in [6.45, 7) is 1.67. The fourth-order valence-corrected chi connectivity index (χ4v) is 2.97. The number of carbonyl (C=O) groups is 1. The van der Waals surface area contributed by atoms with Crippen LogP contribution in [0.4, 0.5) is 10.1 Å². The molecule has 122 valence electrons. The molecule has 0 radical (unpaired) electrons. The maximum atomic E-state index is 13.6. The summed E-state index contributed by atoms with van der Waals surface area (Å²) in [6.07, 6.45) is -0.0978. The average Bonchev–Trinajstić information content (AvgIpc) is 2.51. The number of carbonyl (C=O) groups excluding carboxylic acids is 1. The molecule has 0 fully saturated rings. The van der Waals surface area contributed by atoms with Crippen molar-refractivity contribution in [1.82, 2.24) is 4.72 Å². The van der Waals surface area contributed by atoms with Crippen LogP contribution < -0.4 is 10.0 Å². The highest BCUT2D eigenvalue weighted by Crippen LogP contribution is 2.15. The fraction of sp³-hybridized carbons (Fsp3) is 0.188. The summed E-state index contributed by atoms with van der Waals surface area (Å²) in [5, 5.41) is 2.41. The number of amides is 1. The van der Waals surface area contributed by atoms with Gasteiger partial charge >= 0.3 is 0 Å². The summed E-state index contributed by atoms with van der Waals surface area (Å²) >= 11 is 0. The molecule has 0 aliphatic heterocycles. The van der Waals surface area contributed by atoms with Crippen LogP contribution in [0.5, 0.6) is 0 Å². The standard InChI is InChI=1S/C16H17FN2O3S/c1-12-7-8-15(14(17)11-12)19-16(20)9-10-18-23(21,22)13-5-3-2-4-6-13/h2-8,11,18H,9-10H2,1H3,(H,19,20). The van der Waals surface area contributed by atoms with E-state index in [4.69, 9.17) is 0 Å². The highest BCUT2D eigenvalue weighted by molar-refractivity contribution is 7.89. The maximum absolute atomic E-state index is 13.6. The minimum atomic E-state index is -3.65. The minimum Gasteiger partial charge on any atom is -0.324 e. The zero-order valence-electron chi connectivity index (χ0n) is 12.5. The summed E-state index contributed by atoms with van der Waals surface area (Å²) in [5.74, 6) is -0.994. The molecule has 0 atom stereocenters. The molecule has 1 amide bonds. The Balaban J connectivity index is 1.88. The van der Waals surface area contributed by atoms with Crippen molar-refractivity contribution >= 4 is 21.6 Å². The fourth-order valence-electron chi connectivity index (χ4n) is 1.92. The van der Waals surface area contributed by atoms with Crippen molar-refractivity contribution in [2.75, 3.05) is 11.9 Å². The Hall–Kier alpha value is -2.25. The largest absolute Gasteiger partial charge is 0.324 e.